The van der Waals surface area contributed by atoms with Crippen LogP contribution in [0.5, 0.6) is 0 Å². The van der Waals surface area contributed by atoms with E-state index in [0.29, 0.717) is 0 Å². The van der Waals surface area contributed by atoms with Crippen LogP contribution in [0.1, 0.15) is 52.7 Å². The first-order chi connectivity index (χ1) is 26.1. The van der Waals surface area contributed by atoms with Gasteiger partial charge in [-0.15, -0.1) is 0 Å². The molecule has 3 heterocycles. The Morgan fingerprint density at radius 1 is 0.426 bits per heavy atom. The van der Waals surface area contributed by atoms with Gasteiger partial charge in [-0.2, -0.15) is 0 Å². The molecule has 54 heavy (non-hydrogen) atoms. The van der Waals surface area contributed by atoms with Gasteiger partial charge in [0.15, 0.2) is 8.07 Å². The van der Waals surface area contributed by atoms with Crippen molar-refractivity contribution < 1.29 is 0 Å². The topological polar surface area (TPSA) is 6.48 Å². The number of anilines is 6. The third kappa shape index (κ3) is 4.59. The Bertz CT molecular complexity index is 2550. The minimum Gasteiger partial charge on any atom is -0.312 e. The van der Waals surface area contributed by atoms with Gasteiger partial charge < -0.3 is 9.80 Å². The van der Waals surface area contributed by atoms with Crippen LogP contribution in [0.4, 0.5) is 34.1 Å². The van der Waals surface area contributed by atoms with Crippen LogP contribution in [0.3, 0.4) is 0 Å². The van der Waals surface area contributed by atoms with Crippen molar-refractivity contribution in [2.45, 2.75) is 52.4 Å². The van der Waals surface area contributed by atoms with E-state index in [-0.39, 0.29) is 17.5 Å². The molecular weight excluding hydrogens is 667 g/mol. The normalized spacial score (nSPS) is 14.9. The molecule has 0 amide bonds. The van der Waals surface area contributed by atoms with Gasteiger partial charge in [-0.25, -0.2) is 0 Å². The molecule has 0 aromatic heterocycles. The molecule has 10 rings (SSSR count). The van der Waals surface area contributed by atoms with Crippen molar-refractivity contribution in [3.05, 3.63) is 175 Å². The Morgan fingerprint density at radius 3 is 1.59 bits per heavy atom. The number of fused-ring (bicyclic) bond motifs is 6. The molecule has 0 radical (unpaired) electrons. The van der Waals surface area contributed by atoms with Crippen LogP contribution in [-0.4, -0.2) is 14.8 Å². The zero-order chi connectivity index (χ0) is 37.0. The fourth-order valence-corrected chi connectivity index (χ4v) is 14.8. The first-order valence-corrected chi connectivity index (χ1v) is 21.4. The lowest BCUT2D eigenvalue weighted by molar-refractivity contribution is 0.590. The summed E-state index contributed by atoms with van der Waals surface area (Å²) in [5, 5.41) is 5.73. The van der Waals surface area contributed by atoms with Crippen molar-refractivity contribution in [1.82, 2.24) is 0 Å². The van der Waals surface area contributed by atoms with Crippen LogP contribution >= 0.6 is 0 Å². The number of rotatable bonds is 3. The predicted molar refractivity (Wildman–Crippen MR) is 235 cm³/mol. The minimum atomic E-state index is -2.78. The SMILES string of the molecule is CC(C)(C)c1ccc2c(c1)N(c1ccccc1)c1cc(C(C)(C)C)cc3c1B2c1cccc2c1N3c1ccccc1[Si]2(c1ccccc1)c1ccccc1. The molecule has 0 N–H and O–H groups in total. The molecule has 0 saturated carbocycles. The van der Waals surface area contributed by atoms with Gasteiger partial charge in [-0.1, -0.05) is 169 Å². The van der Waals surface area contributed by atoms with Gasteiger partial charge >= 0.3 is 0 Å². The second-order valence-electron chi connectivity index (χ2n) is 17.4. The number of para-hydroxylation sites is 3. The maximum Gasteiger partial charge on any atom is 0.252 e. The third-order valence-electron chi connectivity index (χ3n) is 12.2. The maximum atomic E-state index is 2.67. The van der Waals surface area contributed by atoms with Crippen LogP contribution < -0.4 is 46.9 Å². The molecule has 0 aliphatic carbocycles. The number of hydrogen-bond acceptors (Lipinski definition) is 2. The van der Waals surface area contributed by atoms with Crippen molar-refractivity contribution in [3.63, 3.8) is 0 Å². The first-order valence-electron chi connectivity index (χ1n) is 19.4. The van der Waals surface area contributed by atoms with Crippen LogP contribution in [0.2, 0.25) is 0 Å². The molecule has 2 nitrogen and oxygen atoms in total. The van der Waals surface area contributed by atoms with E-state index < -0.39 is 8.07 Å². The summed E-state index contributed by atoms with van der Waals surface area (Å²) in [5.74, 6) is 0. The smallest absolute Gasteiger partial charge is 0.252 e. The van der Waals surface area contributed by atoms with Gasteiger partial charge in [-0.3, -0.25) is 0 Å². The largest absolute Gasteiger partial charge is 0.312 e. The van der Waals surface area contributed by atoms with Crippen molar-refractivity contribution >= 4 is 86.0 Å². The molecule has 0 unspecified atom stereocenters. The second kappa shape index (κ2) is 11.7. The monoisotopic (exact) mass is 712 g/mol. The third-order valence-corrected chi connectivity index (χ3v) is 17.0. The summed E-state index contributed by atoms with van der Waals surface area (Å²) in [6, 6.07) is 62.8. The van der Waals surface area contributed by atoms with Gasteiger partial charge in [0.1, 0.15) is 0 Å². The highest BCUT2D eigenvalue weighted by molar-refractivity contribution is 7.22. The van der Waals surface area contributed by atoms with Crippen molar-refractivity contribution in [2.75, 3.05) is 9.80 Å². The molecule has 262 valence electrons. The summed E-state index contributed by atoms with van der Waals surface area (Å²) in [7, 11) is -2.78. The molecule has 7 aromatic rings. The summed E-state index contributed by atoms with van der Waals surface area (Å²) >= 11 is 0. The highest BCUT2D eigenvalue weighted by atomic mass is 28.3. The highest BCUT2D eigenvalue weighted by Crippen LogP contribution is 2.47. The summed E-state index contributed by atoms with van der Waals surface area (Å²) in [4.78, 5) is 5.23. The lowest BCUT2D eigenvalue weighted by atomic mass is 9.33. The maximum absolute atomic E-state index is 2.78. The molecule has 3 aliphatic heterocycles. The Labute approximate surface area is 321 Å². The zero-order valence-corrected chi connectivity index (χ0v) is 33.1. The van der Waals surface area contributed by atoms with Crippen LogP contribution in [0, 0.1) is 0 Å². The molecule has 0 fully saturated rings. The standard InChI is InChI=1S/C50H45BN2Si/c1-49(2,3)34-29-30-39-42(31-34)52(36-19-10-7-11-20-36)43-32-35(50(4,5)6)33-44-47(43)51(39)40-25-18-28-46-48(40)53(44)41-26-16-17-27-45(41)54(46,37-21-12-8-13-22-37)38-23-14-9-15-24-38/h7-33H,1-6H3. The molecule has 0 saturated heterocycles. The molecule has 4 heteroatoms. The van der Waals surface area contributed by atoms with E-state index in [2.05, 4.69) is 215 Å². The number of nitrogens with zero attached hydrogens (tertiary/aromatic N) is 2. The van der Waals surface area contributed by atoms with Crippen LogP contribution in [0.15, 0.2) is 164 Å². The lowest BCUT2D eigenvalue weighted by Gasteiger charge is -2.51. The second-order valence-corrected chi connectivity index (χ2v) is 21.1. The van der Waals surface area contributed by atoms with Gasteiger partial charge in [0.05, 0.1) is 0 Å². The highest BCUT2D eigenvalue weighted by Gasteiger charge is 2.53. The van der Waals surface area contributed by atoms with Gasteiger partial charge in [0.2, 0.25) is 0 Å². The van der Waals surface area contributed by atoms with E-state index >= 15 is 0 Å². The fourth-order valence-electron chi connectivity index (χ4n) is 9.65. The molecular formula is C50H45BN2Si. The Kier molecular flexibility index (Phi) is 7.16. The van der Waals surface area contributed by atoms with E-state index in [9.17, 15) is 0 Å². The Morgan fingerprint density at radius 2 is 0.963 bits per heavy atom. The van der Waals surface area contributed by atoms with E-state index in [1.165, 1.54) is 82.4 Å². The predicted octanol–water partition coefficient (Wildman–Crippen LogP) is 8.06. The van der Waals surface area contributed by atoms with Gasteiger partial charge in [0, 0.05) is 34.1 Å². The zero-order valence-electron chi connectivity index (χ0n) is 32.1. The lowest BCUT2D eigenvalue weighted by Crippen LogP contribution is -2.79. The van der Waals surface area contributed by atoms with Crippen molar-refractivity contribution in [1.29, 1.82) is 0 Å². The van der Waals surface area contributed by atoms with Crippen LogP contribution in [-0.2, 0) is 10.8 Å². The quantitative estimate of drug-likeness (QED) is 0.171. The molecule has 3 aliphatic rings. The summed E-state index contributed by atoms with van der Waals surface area (Å²) in [6.07, 6.45) is 0. The van der Waals surface area contributed by atoms with Gasteiger partial charge in [0.25, 0.3) is 6.71 Å². The van der Waals surface area contributed by atoms with E-state index in [0.717, 1.165) is 0 Å². The van der Waals surface area contributed by atoms with E-state index in [4.69, 9.17) is 0 Å². The van der Waals surface area contributed by atoms with Crippen molar-refractivity contribution in [3.8, 4) is 0 Å². The van der Waals surface area contributed by atoms with Gasteiger partial charge in [-0.05, 0) is 95.5 Å². The Balaban J connectivity index is 1.38. The molecule has 7 aromatic carbocycles. The minimum absolute atomic E-state index is 0.00559. The Hall–Kier alpha value is -5.58. The summed E-state index contributed by atoms with van der Waals surface area (Å²) < 4.78 is 0. The average Bonchev–Trinajstić information content (AvgIpc) is 3.18. The van der Waals surface area contributed by atoms with Crippen molar-refractivity contribution in [2.24, 2.45) is 0 Å². The summed E-state index contributed by atoms with van der Waals surface area (Å²) in [5.41, 5.74) is 14.5. The number of benzene rings is 7. The number of hydrogen-bond donors (Lipinski definition) is 0. The molecule has 0 atom stereocenters. The average molecular weight is 713 g/mol. The van der Waals surface area contributed by atoms with E-state index in [1.807, 2.05) is 0 Å². The fraction of sp³-hybridized carbons (Fsp3) is 0.160. The molecule has 0 spiro atoms. The van der Waals surface area contributed by atoms with E-state index in [1.54, 1.807) is 0 Å². The summed E-state index contributed by atoms with van der Waals surface area (Å²) in [6.45, 7) is 14.1. The first kappa shape index (κ1) is 33.0. The molecule has 0 bridgehead atoms. The van der Waals surface area contributed by atoms with Crippen LogP contribution in [0.25, 0.3) is 0 Å².